The number of benzene rings is 2. The first-order valence-corrected chi connectivity index (χ1v) is 10.3. The molecule has 6 heteroatoms. The van der Waals surface area contributed by atoms with Gasteiger partial charge in [0.05, 0.1) is 18.0 Å². The van der Waals surface area contributed by atoms with Crippen LogP contribution in [-0.2, 0) is 10.0 Å². The average molecular weight is 370 g/mol. The fourth-order valence-corrected chi connectivity index (χ4v) is 5.34. The van der Waals surface area contributed by atoms with Crippen LogP contribution in [0.5, 0.6) is 5.75 Å². The summed E-state index contributed by atoms with van der Waals surface area (Å²) in [4.78, 5) is 3.72. The van der Waals surface area contributed by atoms with Crippen LogP contribution in [0.2, 0.25) is 0 Å². The van der Waals surface area contributed by atoms with Gasteiger partial charge >= 0.3 is 0 Å². The molecule has 0 bridgehead atoms. The van der Waals surface area contributed by atoms with E-state index >= 15 is 0 Å². The average Bonchev–Trinajstić information content (AvgIpc) is 3.12. The second kappa shape index (κ2) is 6.78. The summed E-state index contributed by atoms with van der Waals surface area (Å²) in [7, 11) is -1.99. The van der Waals surface area contributed by atoms with E-state index in [0.717, 1.165) is 35.9 Å². The minimum absolute atomic E-state index is 0.164. The molecule has 0 amide bonds. The molecule has 2 aromatic carbocycles. The summed E-state index contributed by atoms with van der Waals surface area (Å²) in [6.07, 6.45) is 2.73. The van der Waals surface area contributed by atoms with Crippen molar-refractivity contribution < 1.29 is 13.2 Å². The van der Waals surface area contributed by atoms with E-state index in [2.05, 4.69) is 11.1 Å². The molecule has 2 heterocycles. The molecule has 5 nitrogen and oxygen atoms in total. The molecule has 26 heavy (non-hydrogen) atoms. The predicted molar refractivity (Wildman–Crippen MR) is 102 cm³/mol. The Balaban J connectivity index is 1.72. The van der Waals surface area contributed by atoms with Crippen LogP contribution in [0, 0.1) is 0 Å². The van der Waals surface area contributed by atoms with E-state index in [-0.39, 0.29) is 6.04 Å². The summed E-state index contributed by atoms with van der Waals surface area (Å²) in [5.74, 6) is 0.648. The van der Waals surface area contributed by atoms with E-state index < -0.39 is 10.0 Å². The Kier molecular flexibility index (Phi) is 4.46. The number of piperidine rings is 1. The summed E-state index contributed by atoms with van der Waals surface area (Å²) in [6, 6.07) is 16.6. The number of H-pyrrole nitrogens is 1. The molecule has 1 unspecified atom stereocenters. The molecule has 0 radical (unpaired) electrons. The minimum Gasteiger partial charge on any atom is -0.497 e. The van der Waals surface area contributed by atoms with Crippen molar-refractivity contribution in [1.82, 2.24) is 9.29 Å². The lowest BCUT2D eigenvalue weighted by atomic mass is 10.0. The number of aromatic nitrogens is 1. The van der Waals surface area contributed by atoms with E-state index in [0.29, 0.717) is 17.2 Å². The van der Waals surface area contributed by atoms with E-state index in [1.165, 1.54) is 0 Å². The fourth-order valence-electron chi connectivity index (χ4n) is 3.66. The summed E-state index contributed by atoms with van der Waals surface area (Å²) < 4.78 is 33.3. The van der Waals surface area contributed by atoms with Crippen LogP contribution in [0.25, 0.3) is 10.9 Å². The van der Waals surface area contributed by atoms with Crippen LogP contribution in [0.3, 0.4) is 0 Å². The molecule has 1 aliphatic rings. The standard InChI is InChI=1S/C20H22N2O3S/c1-25-16-9-11-17(12-10-16)26(23,24)22-13-5-4-8-20(22)19-14-15-6-2-3-7-18(15)21-19/h2-3,6-7,9-12,14,20-21H,4-5,8,13H2,1H3. The Morgan fingerprint density at radius 2 is 1.85 bits per heavy atom. The van der Waals surface area contributed by atoms with Gasteiger partial charge in [-0.2, -0.15) is 4.31 Å². The second-order valence-electron chi connectivity index (χ2n) is 6.61. The molecule has 1 aromatic heterocycles. The van der Waals surface area contributed by atoms with Crippen LogP contribution in [0.4, 0.5) is 0 Å². The predicted octanol–water partition coefficient (Wildman–Crippen LogP) is 4.09. The van der Waals surface area contributed by atoms with Crippen LogP contribution in [0.15, 0.2) is 59.5 Å². The third-order valence-corrected chi connectivity index (χ3v) is 6.95. The number of methoxy groups -OCH3 is 1. The van der Waals surface area contributed by atoms with Gasteiger partial charge in [-0.1, -0.05) is 24.6 Å². The second-order valence-corrected chi connectivity index (χ2v) is 8.51. The van der Waals surface area contributed by atoms with Gasteiger partial charge in [0.2, 0.25) is 10.0 Å². The Morgan fingerprint density at radius 1 is 1.08 bits per heavy atom. The molecule has 1 saturated heterocycles. The van der Waals surface area contributed by atoms with Gasteiger partial charge in [0.1, 0.15) is 5.75 Å². The number of nitrogens with zero attached hydrogens (tertiary/aromatic N) is 1. The molecular formula is C20H22N2O3S. The SMILES string of the molecule is COc1ccc(S(=O)(=O)N2CCCCC2c2cc3ccccc3[nH]2)cc1. The molecule has 136 valence electrons. The number of nitrogens with one attached hydrogen (secondary N) is 1. The van der Waals surface area contributed by atoms with Gasteiger partial charge in [0, 0.05) is 17.8 Å². The summed E-state index contributed by atoms with van der Waals surface area (Å²) in [6.45, 7) is 0.536. The molecule has 1 atom stereocenters. The van der Waals surface area contributed by atoms with Crippen molar-refractivity contribution >= 4 is 20.9 Å². The Morgan fingerprint density at radius 3 is 2.58 bits per heavy atom. The summed E-state index contributed by atoms with van der Waals surface area (Å²) in [5, 5.41) is 1.11. The van der Waals surface area contributed by atoms with Crippen molar-refractivity contribution in [2.75, 3.05) is 13.7 Å². The van der Waals surface area contributed by atoms with Gasteiger partial charge in [-0.05, 0) is 54.6 Å². The highest BCUT2D eigenvalue weighted by Crippen LogP contribution is 2.36. The largest absolute Gasteiger partial charge is 0.497 e. The Hall–Kier alpha value is -2.31. The number of hydrogen-bond acceptors (Lipinski definition) is 3. The van der Waals surface area contributed by atoms with Crippen molar-refractivity contribution in [3.8, 4) is 5.75 Å². The van der Waals surface area contributed by atoms with E-state index in [9.17, 15) is 8.42 Å². The third-order valence-electron chi connectivity index (χ3n) is 5.03. The Labute approximate surface area is 153 Å². The lowest BCUT2D eigenvalue weighted by Gasteiger charge is -2.34. The maximum absolute atomic E-state index is 13.3. The topological polar surface area (TPSA) is 62.4 Å². The van der Waals surface area contributed by atoms with Gasteiger partial charge < -0.3 is 9.72 Å². The number of hydrogen-bond donors (Lipinski definition) is 1. The number of aromatic amines is 1. The zero-order valence-electron chi connectivity index (χ0n) is 14.7. The fraction of sp³-hybridized carbons (Fsp3) is 0.300. The maximum Gasteiger partial charge on any atom is 0.243 e. The first-order chi connectivity index (χ1) is 12.6. The van der Waals surface area contributed by atoms with E-state index in [1.54, 1.807) is 35.7 Å². The molecule has 0 saturated carbocycles. The quantitative estimate of drug-likeness (QED) is 0.752. The Bertz CT molecular complexity index is 976. The summed E-state index contributed by atoms with van der Waals surface area (Å²) >= 11 is 0. The lowest BCUT2D eigenvalue weighted by molar-refractivity contribution is 0.252. The molecule has 3 aromatic rings. The highest BCUT2D eigenvalue weighted by atomic mass is 32.2. The maximum atomic E-state index is 13.3. The molecule has 1 N–H and O–H groups in total. The van der Waals surface area contributed by atoms with Gasteiger partial charge in [-0.25, -0.2) is 8.42 Å². The van der Waals surface area contributed by atoms with Crippen LogP contribution < -0.4 is 4.74 Å². The first kappa shape index (κ1) is 17.1. The van der Waals surface area contributed by atoms with Gasteiger partial charge in [-0.15, -0.1) is 0 Å². The van der Waals surface area contributed by atoms with Gasteiger partial charge in [0.15, 0.2) is 0 Å². The van der Waals surface area contributed by atoms with Gasteiger partial charge in [0.25, 0.3) is 0 Å². The minimum atomic E-state index is -3.56. The number of fused-ring (bicyclic) bond motifs is 1. The van der Waals surface area contributed by atoms with Gasteiger partial charge in [-0.3, -0.25) is 0 Å². The van der Waals surface area contributed by atoms with Crippen LogP contribution in [-0.4, -0.2) is 31.4 Å². The van der Waals surface area contributed by atoms with Crippen molar-refractivity contribution in [1.29, 1.82) is 0 Å². The van der Waals surface area contributed by atoms with E-state index in [1.807, 2.05) is 24.3 Å². The smallest absolute Gasteiger partial charge is 0.243 e. The molecule has 0 spiro atoms. The third kappa shape index (κ3) is 2.99. The lowest BCUT2D eigenvalue weighted by Crippen LogP contribution is -2.38. The molecule has 0 aliphatic carbocycles. The number of rotatable bonds is 4. The highest BCUT2D eigenvalue weighted by Gasteiger charge is 2.35. The van der Waals surface area contributed by atoms with Crippen molar-refractivity contribution in [3.05, 3.63) is 60.3 Å². The number of sulfonamides is 1. The first-order valence-electron chi connectivity index (χ1n) is 8.83. The number of para-hydroxylation sites is 1. The molecular weight excluding hydrogens is 348 g/mol. The molecule has 1 fully saturated rings. The van der Waals surface area contributed by atoms with Crippen molar-refractivity contribution in [2.24, 2.45) is 0 Å². The number of ether oxygens (including phenoxy) is 1. The van der Waals surface area contributed by atoms with Crippen molar-refractivity contribution in [2.45, 2.75) is 30.2 Å². The van der Waals surface area contributed by atoms with Crippen LogP contribution in [0.1, 0.15) is 31.0 Å². The van der Waals surface area contributed by atoms with E-state index in [4.69, 9.17) is 4.74 Å². The monoisotopic (exact) mass is 370 g/mol. The zero-order chi connectivity index (χ0) is 18.1. The van der Waals surface area contributed by atoms with Crippen LogP contribution >= 0.6 is 0 Å². The van der Waals surface area contributed by atoms with Crippen molar-refractivity contribution in [3.63, 3.8) is 0 Å². The molecule has 1 aliphatic heterocycles. The molecule has 4 rings (SSSR count). The highest BCUT2D eigenvalue weighted by molar-refractivity contribution is 7.89. The normalized spacial score (nSPS) is 18.9. The summed E-state index contributed by atoms with van der Waals surface area (Å²) in [5.41, 5.74) is 2.00. The zero-order valence-corrected chi connectivity index (χ0v) is 15.5.